The van der Waals surface area contributed by atoms with E-state index in [9.17, 15) is 9.59 Å². The first kappa shape index (κ1) is 23.1. The third kappa shape index (κ3) is 4.28. The van der Waals surface area contributed by atoms with Crippen LogP contribution >= 0.6 is 0 Å². The van der Waals surface area contributed by atoms with Crippen molar-refractivity contribution in [3.8, 4) is 0 Å². The summed E-state index contributed by atoms with van der Waals surface area (Å²) in [6.45, 7) is 8.54. The fraction of sp³-hybridized carbons (Fsp3) is 0.533. The quantitative estimate of drug-likeness (QED) is 0.447. The molecule has 0 amide bonds. The number of fused-ring (bicyclic) bond motifs is 5. The summed E-state index contributed by atoms with van der Waals surface area (Å²) in [5.41, 5.74) is 3.50. The van der Waals surface area contributed by atoms with Gasteiger partial charge in [-0.2, -0.15) is 0 Å². The van der Waals surface area contributed by atoms with Gasteiger partial charge in [-0.15, -0.1) is 0 Å². The van der Waals surface area contributed by atoms with Gasteiger partial charge in [0.1, 0.15) is 12.2 Å². The Hall–Kier alpha value is -2.62. The maximum absolute atomic E-state index is 13.1. The van der Waals surface area contributed by atoms with Gasteiger partial charge in [-0.25, -0.2) is 9.59 Å². The van der Waals surface area contributed by atoms with E-state index in [0.29, 0.717) is 46.6 Å². The average Bonchev–Trinajstić information content (AvgIpc) is 3.53. The Morgan fingerprint density at radius 2 is 1.21 bits per heavy atom. The summed E-state index contributed by atoms with van der Waals surface area (Å²) in [4.78, 5) is 26.1. The van der Waals surface area contributed by atoms with Gasteiger partial charge in [0.25, 0.3) is 0 Å². The van der Waals surface area contributed by atoms with Gasteiger partial charge in [0, 0.05) is 5.92 Å². The van der Waals surface area contributed by atoms with E-state index in [2.05, 4.69) is 27.7 Å². The Labute approximate surface area is 203 Å². The van der Waals surface area contributed by atoms with Gasteiger partial charge in [0.15, 0.2) is 0 Å². The zero-order valence-corrected chi connectivity index (χ0v) is 20.7. The van der Waals surface area contributed by atoms with Crippen molar-refractivity contribution in [2.45, 2.75) is 77.4 Å². The molecule has 0 saturated heterocycles. The Morgan fingerprint density at radius 3 is 1.74 bits per heavy atom. The minimum atomic E-state index is -0.380. The molecule has 0 N–H and O–H groups in total. The van der Waals surface area contributed by atoms with Crippen LogP contribution in [0.3, 0.4) is 0 Å². The number of carbonyl (C=O) groups is 2. The summed E-state index contributed by atoms with van der Waals surface area (Å²) < 4.78 is 12.2. The Kier molecular flexibility index (Phi) is 6.26. The molecule has 5 rings (SSSR count). The SMILES string of the molecule is CC(C)c1ccc(C(=O)OC2CC3C4CCC(C4)C3C2OC(=O)c2ccc(C(C)C)cc2)cc1. The van der Waals surface area contributed by atoms with E-state index in [4.69, 9.17) is 9.47 Å². The first-order chi connectivity index (χ1) is 16.3. The number of hydrogen-bond acceptors (Lipinski definition) is 4. The van der Waals surface area contributed by atoms with Gasteiger partial charge in [0.05, 0.1) is 11.1 Å². The van der Waals surface area contributed by atoms with Crippen LogP contribution in [0.15, 0.2) is 48.5 Å². The summed E-state index contributed by atoms with van der Waals surface area (Å²) in [7, 11) is 0. The Bertz CT molecular complexity index is 1040. The van der Waals surface area contributed by atoms with Crippen LogP contribution in [0, 0.1) is 23.7 Å². The standard InChI is InChI=1S/C30H36O4/c1-17(2)19-5-9-21(10-6-19)29(31)33-26-16-25-23-13-14-24(15-23)27(25)28(26)34-30(32)22-11-7-20(8-12-22)18(3)4/h5-12,17-18,23-28H,13-16H2,1-4H3. The molecule has 3 aliphatic carbocycles. The topological polar surface area (TPSA) is 52.6 Å². The number of ether oxygens (including phenoxy) is 2. The van der Waals surface area contributed by atoms with Crippen LogP contribution in [-0.2, 0) is 9.47 Å². The number of benzene rings is 2. The third-order valence-electron chi connectivity index (χ3n) is 8.54. The predicted molar refractivity (Wildman–Crippen MR) is 132 cm³/mol. The molecule has 6 atom stereocenters. The van der Waals surface area contributed by atoms with Crippen LogP contribution in [0.4, 0.5) is 0 Å². The monoisotopic (exact) mass is 460 g/mol. The number of carbonyl (C=O) groups excluding carboxylic acids is 2. The van der Waals surface area contributed by atoms with Crippen LogP contribution < -0.4 is 0 Å². The van der Waals surface area contributed by atoms with E-state index in [1.807, 2.05) is 48.5 Å². The average molecular weight is 461 g/mol. The molecule has 0 spiro atoms. The Balaban J connectivity index is 1.33. The Morgan fingerprint density at radius 1 is 0.706 bits per heavy atom. The predicted octanol–water partition coefficient (Wildman–Crippen LogP) is 6.75. The molecule has 0 aromatic heterocycles. The smallest absolute Gasteiger partial charge is 0.338 e. The first-order valence-electron chi connectivity index (χ1n) is 12.9. The van der Waals surface area contributed by atoms with Gasteiger partial charge in [-0.3, -0.25) is 0 Å². The van der Waals surface area contributed by atoms with Gasteiger partial charge in [-0.05, 0) is 90.7 Å². The molecule has 34 heavy (non-hydrogen) atoms. The molecule has 0 radical (unpaired) electrons. The summed E-state index contributed by atoms with van der Waals surface area (Å²) in [6, 6.07) is 15.4. The van der Waals surface area contributed by atoms with Crippen molar-refractivity contribution in [3.63, 3.8) is 0 Å². The second kappa shape index (κ2) is 9.20. The van der Waals surface area contributed by atoms with Crippen molar-refractivity contribution in [1.82, 2.24) is 0 Å². The van der Waals surface area contributed by atoms with Crippen molar-refractivity contribution in [2.24, 2.45) is 23.7 Å². The zero-order chi connectivity index (χ0) is 24.0. The van der Waals surface area contributed by atoms with Gasteiger partial charge in [0.2, 0.25) is 0 Å². The molecule has 4 nitrogen and oxygen atoms in total. The van der Waals surface area contributed by atoms with Crippen LogP contribution in [0.5, 0.6) is 0 Å². The highest BCUT2D eigenvalue weighted by molar-refractivity contribution is 5.90. The summed E-state index contributed by atoms with van der Waals surface area (Å²) in [5, 5.41) is 0. The second-order valence-corrected chi connectivity index (χ2v) is 11.2. The third-order valence-corrected chi connectivity index (χ3v) is 8.54. The number of rotatable bonds is 6. The first-order valence-corrected chi connectivity index (χ1v) is 12.9. The van der Waals surface area contributed by atoms with E-state index < -0.39 is 0 Å². The maximum Gasteiger partial charge on any atom is 0.338 e. The molecule has 3 saturated carbocycles. The van der Waals surface area contributed by atoms with Gasteiger partial charge >= 0.3 is 11.9 Å². The number of hydrogen-bond donors (Lipinski definition) is 0. The fourth-order valence-electron chi connectivity index (χ4n) is 6.64. The lowest BCUT2D eigenvalue weighted by Gasteiger charge is -2.29. The highest BCUT2D eigenvalue weighted by Gasteiger charge is 2.59. The molecule has 4 heteroatoms. The molecule has 2 aromatic rings. The number of esters is 2. The molecule has 0 heterocycles. The lowest BCUT2D eigenvalue weighted by molar-refractivity contribution is -0.0416. The van der Waals surface area contributed by atoms with Crippen molar-refractivity contribution < 1.29 is 19.1 Å². The second-order valence-electron chi connectivity index (χ2n) is 11.2. The van der Waals surface area contributed by atoms with Gasteiger partial charge < -0.3 is 9.47 Å². The summed E-state index contributed by atoms with van der Waals surface area (Å²) in [6.07, 6.45) is 3.72. The van der Waals surface area contributed by atoms with Crippen LogP contribution in [-0.4, -0.2) is 24.1 Å². The van der Waals surface area contributed by atoms with Crippen molar-refractivity contribution in [3.05, 3.63) is 70.8 Å². The summed E-state index contributed by atoms with van der Waals surface area (Å²) >= 11 is 0. The van der Waals surface area contributed by atoms with Crippen LogP contribution in [0.25, 0.3) is 0 Å². The highest BCUT2D eigenvalue weighted by atomic mass is 16.6. The van der Waals surface area contributed by atoms with Crippen molar-refractivity contribution >= 4 is 11.9 Å². The lowest BCUT2D eigenvalue weighted by atomic mass is 9.81. The molecular formula is C30H36O4. The van der Waals surface area contributed by atoms with E-state index in [1.165, 1.54) is 30.4 Å². The largest absolute Gasteiger partial charge is 0.455 e. The molecule has 3 aliphatic rings. The van der Waals surface area contributed by atoms with Gasteiger partial charge in [-0.1, -0.05) is 52.0 Å². The van der Waals surface area contributed by atoms with Crippen molar-refractivity contribution in [2.75, 3.05) is 0 Å². The van der Waals surface area contributed by atoms with Crippen LogP contribution in [0.1, 0.15) is 97.1 Å². The summed E-state index contributed by atoms with van der Waals surface area (Å²) in [5.74, 6) is 2.22. The van der Waals surface area contributed by atoms with Crippen LogP contribution in [0.2, 0.25) is 0 Å². The van der Waals surface area contributed by atoms with E-state index >= 15 is 0 Å². The van der Waals surface area contributed by atoms with E-state index in [0.717, 1.165) is 6.42 Å². The maximum atomic E-state index is 13.1. The normalized spacial score (nSPS) is 29.5. The highest BCUT2D eigenvalue weighted by Crippen LogP contribution is 2.60. The van der Waals surface area contributed by atoms with Crippen molar-refractivity contribution in [1.29, 1.82) is 0 Å². The lowest BCUT2D eigenvalue weighted by Crippen LogP contribution is -2.37. The van der Waals surface area contributed by atoms with E-state index in [-0.39, 0.29) is 24.1 Å². The van der Waals surface area contributed by atoms with E-state index in [1.54, 1.807) is 0 Å². The molecule has 6 unspecified atom stereocenters. The molecule has 3 fully saturated rings. The zero-order valence-electron chi connectivity index (χ0n) is 20.7. The minimum absolute atomic E-state index is 0.304. The molecule has 0 aliphatic heterocycles. The fourth-order valence-corrected chi connectivity index (χ4v) is 6.64. The molecule has 180 valence electrons. The molecular weight excluding hydrogens is 424 g/mol. The minimum Gasteiger partial charge on any atom is -0.455 e. The molecule has 2 bridgehead atoms. The molecule has 2 aromatic carbocycles.